The van der Waals surface area contributed by atoms with Crippen LogP contribution in [0.15, 0.2) is 53.5 Å². The second-order valence-corrected chi connectivity index (χ2v) is 5.63. The molecule has 0 aromatic heterocycles. The average molecular weight is 326 g/mol. The van der Waals surface area contributed by atoms with Gasteiger partial charge in [-0.3, -0.25) is 15.1 Å². The van der Waals surface area contributed by atoms with Gasteiger partial charge in [0.1, 0.15) is 0 Å². The molecular formula is C18H22N4O2. The Kier molecular flexibility index (Phi) is 5.89. The highest BCUT2D eigenvalue weighted by Gasteiger charge is 2.13. The fourth-order valence-corrected chi connectivity index (χ4v) is 2.44. The third-order valence-corrected chi connectivity index (χ3v) is 3.74. The van der Waals surface area contributed by atoms with E-state index in [2.05, 4.69) is 41.5 Å². The number of hydrogen-bond donors (Lipinski definition) is 1. The molecule has 0 spiro atoms. The number of guanidine groups is 1. The molecule has 2 aromatic rings. The van der Waals surface area contributed by atoms with E-state index in [1.165, 1.54) is 17.2 Å². The molecule has 0 heterocycles. The van der Waals surface area contributed by atoms with Crippen molar-refractivity contribution in [3.8, 4) is 0 Å². The van der Waals surface area contributed by atoms with E-state index in [0.717, 1.165) is 0 Å². The van der Waals surface area contributed by atoms with E-state index in [-0.39, 0.29) is 10.6 Å². The van der Waals surface area contributed by atoms with Gasteiger partial charge in [0, 0.05) is 38.8 Å². The summed E-state index contributed by atoms with van der Waals surface area (Å²) in [5, 5.41) is 14.3. The number of hydrogen-bond acceptors (Lipinski definition) is 3. The van der Waals surface area contributed by atoms with Crippen molar-refractivity contribution in [3.63, 3.8) is 0 Å². The number of nitro groups is 1. The minimum absolute atomic E-state index is 0.113. The molecule has 24 heavy (non-hydrogen) atoms. The van der Waals surface area contributed by atoms with Crippen molar-refractivity contribution in [2.24, 2.45) is 4.99 Å². The summed E-state index contributed by atoms with van der Waals surface area (Å²) < 4.78 is 0. The lowest BCUT2D eigenvalue weighted by Crippen LogP contribution is -2.38. The van der Waals surface area contributed by atoms with Gasteiger partial charge in [-0.1, -0.05) is 48.0 Å². The van der Waals surface area contributed by atoms with E-state index in [4.69, 9.17) is 0 Å². The van der Waals surface area contributed by atoms with Crippen LogP contribution in [-0.4, -0.2) is 29.9 Å². The molecule has 0 unspecified atom stereocenters. The molecule has 6 nitrogen and oxygen atoms in total. The van der Waals surface area contributed by atoms with Gasteiger partial charge >= 0.3 is 0 Å². The Morgan fingerprint density at radius 2 is 1.88 bits per heavy atom. The minimum atomic E-state index is -0.365. The molecule has 0 aliphatic rings. The van der Waals surface area contributed by atoms with Crippen LogP contribution in [0, 0.1) is 17.0 Å². The van der Waals surface area contributed by atoms with Crippen molar-refractivity contribution >= 4 is 11.6 Å². The van der Waals surface area contributed by atoms with Crippen molar-refractivity contribution in [2.45, 2.75) is 20.0 Å². The second-order valence-electron chi connectivity index (χ2n) is 5.63. The van der Waals surface area contributed by atoms with Gasteiger partial charge in [-0.15, -0.1) is 0 Å². The summed E-state index contributed by atoms with van der Waals surface area (Å²) in [7, 11) is 3.64. The van der Waals surface area contributed by atoms with E-state index >= 15 is 0 Å². The van der Waals surface area contributed by atoms with Gasteiger partial charge in [0.05, 0.1) is 4.92 Å². The van der Waals surface area contributed by atoms with Crippen LogP contribution in [-0.2, 0) is 13.1 Å². The van der Waals surface area contributed by atoms with Gasteiger partial charge in [0.25, 0.3) is 5.69 Å². The van der Waals surface area contributed by atoms with Crippen molar-refractivity contribution < 1.29 is 4.92 Å². The van der Waals surface area contributed by atoms with Gasteiger partial charge < -0.3 is 10.2 Å². The first-order valence-corrected chi connectivity index (χ1v) is 7.71. The Bertz CT molecular complexity index is 726. The summed E-state index contributed by atoms with van der Waals surface area (Å²) in [4.78, 5) is 16.9. The zero-order chi connectivity index (χ0) is 17.5. The number of nitro benzene ring substituents is 1. The maximum absolute atomic E-state index is 11.1. The molecule has 2 aromatic carbocycles. The highest BCUT2D eigenvalue weighted by Crippen LogP contribution is 2.17. The van der Waals surface area contributed by atoms with E-state index in [9.17, 15) is 10.1 Å². The SMILES string of the molecule is CN=C(NCc1ccccc1[N+](=O)[O-])N(C)Cc1ccc(C)cc1. The van der Waals surface area contributed by atoms with Gasteiger partial charge in [-0.05, 0) is 12.5 Å². The number of rotatable bonds is 5. The molecule has 0 radical (unpaired) electrons. The maximum Gasteiger partial charge on any atom is 0.274 e. The lowest BCUT2D eigenvalue weighted by Gasteiger charge is -2.22. The fraction of sp³-hybridized carbons (Fsp3) is 0.278. The topological polar surface area (TPSA) is 70.8 Å². The molecule has 0 bridgehead atoms. The van der Waals surface area contributed by atoms with Gasteiger partial charge in [0.2, 0.25) is 0 Å². The first-order valence-electron chi connectivity index (χ1n) is 7.71. The summed E-state index contributed by atoms with van der Waals surface area (Å²) >= 11 is 0. The van der Waals surface area contributed by atoms with E-state index < -0.39 is 0 Å². The van der Waals surface area contributed by atoms with Crippen LogP contribution in [0.3, 0.4) is 0 Å². The Balaban J connectivity index is 2.02. The molecule has 1 N–H and O–H groups in total. The Morgan fingerprint density at radius 3 is 2.50 bits per heavy atom. The van der Waals surface area contributed by atoms with Crippen LogP contribution in [0.2, 0.25) is 0 Å². The van der Waals surface area contributed by atoms with Crippen molar-refractivity contribution in [1.29, 1.82) is 0 Å². The van der Waals surface area contributed by atoms with E-state index in [0.29, 0.717) is 24.6 Å². The van der Waals surface area contributed by atoms with Crippen LogP contribution in [0.1, 0.15) is 16.7 Å². The number of nitrogens with zero attached hydrogens (tertiary/aromatic N) is 3. The first kappa shape index (κ1) is 17.5. The molecule has 0 saturated heterocycles. The van der Waals surface area contributed by atoms with Crippen molar-refractivity contribution in [3.05, 3.63) is 75.3 Å². The van der Waals surface area contributed by atoms with Crippen molar-refractivity contribution in [1.82, 2.24) is 10.2 Å². The standard InChI is InChI=1S/C18H22N4O2/c1-14-8-10-15(11-9-14)13-21(3)18(19-2)20-12-16-6-4-5-7-17(16)22(23)24/h4-11H,12-13H2,1-3H3,(H,19,20). The summed E-state index contributed by atoms with van der Waals surface area (Å²) in [6, 6.07) is 15.0. The Hall–Kier alpha value is -2.89. The summed E-state index contributed by atoms with van der Waals surface area (Å²) in [6.07, 6.45) is 0. The molecule has 0 fully saturated rings. The van der Waals surface area contributed by atoms with Crippen LogP contribution < -0.4 is 5.32 Å². The zero-order valence-corrected chi connectivity index (χ0v) is 14.2. The van der Waals surface area contributed by atoms with Crippen LogP contribution in [0.4, 0.5) is 5.69 Å². The molecule has 2 rings (SSSR count). The third kappa shape index (κ3) is 4.55. The lowest BCUT2D eigenvalue weighted by atomic mass is 10.1. The highest BCUT2D eigenvalue weighted by atomic mass is 16.6. The normalized spacial score (nSPS) is 11.2. The lowest BCUT2D eigenvalue weighted by molar-refractivity contribution is -0.385. The smallest absolute Gasteiger partial charge is 0.274 e. The molecular weight excluding hydrogens is 304 g/mol. The van der Waals surface area contributed by atoms with Gasteiger partial charge in [-0.2, -0.15) is 0 Å². The Morgan fingerprint density at radius 1 is 1.21 bits per heavy atom. The van der Waals surface area contributed by atoms with Gasteiger partial charge in [0.15, 0.2) is 5.96 Å². The summed E-state index contributed by atoms with van der Waals surface area (Å²) in [6.45, 7) is 3.11. The number of benzene rings is 2. The minimum Gasteiger partial charge on any atom is -0.352 e. The highest BCUT2D eigenvalue weighted by molar-refractivity contribution is 5.79. The molecule has 0 aliphatic carbocycles. The summed E-state index contributed by atoms with van der Waals surface area (Å²) in [5.41, 5.74) is 3.14. The number of aliphatic imine (C=N–C) groups is 1. The maximum atomic E-state index is 11.1. The van der Waals surface area contributed by atoms with Crippen molar-refractivity contribution in [2.75, 3.05) is 14.1 Å². The van der Waals surface area contributed by atoms with Gasteiger partial charge in [-0.25, -0.2) is 0 Å². The van der Waals surface area contributed by atoms with Crippen LogP contribution >= 0.6 is 0 Å². The predicted octanol–water partition coefficient (Wildman–Crippen LogP) is 3.11. The Labute approximate surface area is 142 Å². The molecule has 0 aliphatic heterocycles. The third-order valence-electron chi connectivity index (χ3n) is 3.74. The second kappa shape index (κ2) is 8.10. The van der Waals surface area contributed by atoms with E-state index in [1.54, 1.807) is 25.2 Å². The quantitative estimate of drug-likeness (QED) is 0.397. The monoisotopic (exact) mass is 326 g/mol. The molecule has 0 atom stereocenters. The number of aryl methyl sites for hydroxylation is 1. The molecule has 0 saturated carbocycles. The fourth-order valence-electron chi connectivity index (χ4n) is 2.44. The first-order chi connectivity index (χ1) is 11.5. The van der Waals surface area contributed by atoms with Crippen LogP contribution in [0.5, 0.6) is 0 Å². The molecule has 6 heteroatoms. The molecule has 126 valence electrons. The number of para-hydroxylation sites is 1. The average Bonchev–Trinajstić information content (AvgIpc) is 2.57. The van der Waals surface area contributed by atoms with Crippen LogP contribution in [0.25, 0.3) is 0 Å². The molecule has 0 amide bonds. The summed E-state index contributed by atoms with van der Waals surface area (Å²) in [5.74, 6) is 0.689. The predicted molar refractivity (Wildman–Crippen MR) is 95.9 cm³/mol. The largest absolute Gasteiger partial charge is 0.352 e. The zero-order valence-electron chi connectivity index (χ0n) is 14.2. The van der Waals surface area contributed by atoms with E-state index in [1.807, 2.05) is 11.9 Å². The number of nitrogens with one attached hydrogen (secondary N) is 1.